The Morgan fingerprint density at radius 3 is 3.05 bits per heavy atom. The zero-order valence-electron chi connectivity index (χ0n) is 12.3. The van der Waals surface area contributed by atoms with Crippen LogP contribution in [0.2, 0.25) is 5.02 Å². The van der Waals surface area contributed by atoms with Crippen molar-refractivity contribution in [3.8, 4) is 5.75 Å². The van der Waals surface area contributed by atoms with Crippen LogP contribution in [-0.4, -0.2) is 25.2 Å². The predicted octanol–water partition coefficient (Wildman–Crippen LogP) is 3.79. The number of hydrogen-bond acceptors (Lipinski definition) is 4. The molecule has 1 N–H and O–H groups in total. The molecule has 1 aliphatic heterocycles. The first-order valence-corrected chi connectivity index (χ1v) is 7.63. The minimum absolute atomic E-state index is 0.583. The number of rotatable bonds is 4. The lowest BCUT2D eigenvalue weighted by molar-refractivity contribution is 0.110. The Hall–Kier alpha value is -1.52. The van der Waals surface area contributed by atoms with Crippen LogP contribution in [0.5, 0.6) is 5.75 Å². The summed E-state index contributed by atoms with van der Waals surface area (Å²) in [7, 11) is 1.67. The highest BCUT2D eigenvalue weighted by Gasteiger charge is 2.21. The highest BCUT2D eigenvalue weighted by Crippen LogP contribution is 2.39. The maximum absolute atomic E-state index is 6.36. The van der Waals surface area contributed by atoms with Crippen molar-refractivity contribution in [2.75, 3.05) is 25.6 Å². The van der Waals surface area contributed by atoms with Gasteiger partial charge in [-0.1, -0.05) is 18.5 Å². The Morgan fingerprint density at radius 1 is 1.43 bits per heavy atom. The van der Waals surface area contributed by atoms with Crippen molar-refractivity contribution in [2.45, 2.75) is 26.4 Å². The fraction of sp³-hybridized carbons (Fsp3) is 0.438. The molecule has 0 atom stereocenters. The summed E-state index contributed by atoms with van der Waals surface area (Å²) in [4.78, 5) is 4.76. The first-order chi connectivity index (χ1) is 10.3. The standard InChI is InChI=1S/C16H19ClN2O2/c1-3-7-18-15-10-9-21-8-6-12(10)19-16-11(17)4-5-13(20-2)14(15)16/h4-5H,3,6-9H2,1-2H3,(H,18,19). The van der Waals surface area contributed by atoms with Crippen molar-refractivity contribution >= 4 is 28.2 Å². The summed E-state index contributed by atoms with van der Waals surface area (Å²) in [5, 5.41) is 5.11. The monoisotopic (exact) mass is 306 g/mol. The molecule has 0 bridgehead atoms. The molecule has 0 fully saturated rings. The van der Waals surface area contributed by atoms with Crippen LogP contribution in [-0.2, 0) is 17.8 Å². The molecular weight excluding hydrogens is 288 g/mol. The molecule has 21 heavy (non-hydrogen) atoms. The molecule has 1 aromatic heterocycles. The summed E-state index contributed by atoms with van der Waals surface area (Å²) in [6, 6.07) is 3.73. The molecule has 2 aromatic rings. The largest absolute Gasteiger partial charge is 0.496 e. The lowest BCUT2D eigenvalue weighted by atomic mass is 10.0. The van der Waals surface area contributed by atoms with E-state index in [9.17, 15) is 0 Å². The number of nitrogens with zero attached hydrogens (tertiary/aromatic N) is 1. The number of hydrogen-bond donors (Lipinski definition) is 1. The summed E-state index contributed by atoms with van der Waals surface area (Å²) in [5.74, 6) is 0.786. The Balaban J connectivity index is 2.31. The highest BCUT2D eigenvalue weighted by molar-refractivity contribution is 6.35. The van der Waals surface area contributed by atoms with E-state index in [0.29, 0.717) is 18.2 Å². The van der Waals surface area contributed by atoms with Crippen LogP contribution >= 0.6 is 11.6 Å². The normalized spacial score (nSPS) is 14.0. The van der Waals surface area contributed by atoms with E-state index < -0.39 is 0 Å². The van der Waals surface area contributed by atoms with Gasteiger partial charge in [-0.15, -0.1) is 0 Å². The summed E-state index contributed by atoms with van der Waals surface area (Å²) >= 11 is 6.36. The van der Waals surface area contributed by atoms with Crippen molar-refractivity contribution < 1.29 is 9.47 Å². The van der Waals surface area contributed by atoms with E-state index in [0.717, 1.165) is 53.0 Å². The molecule has 1 aliphatic rings. The topological polar surface area (TPSA) is 43.4 Å². The van der Waals surface area contributed by atoms with Crippen LogP contribution in [0, 0.1) is 0 Å². The second kappa shape index (κ2) is 6.08. The summed E-state index contributed by atoms with van der Waals surface area (Å²) < 4.78 is 11.1. The first kappa shape index (κ1) is 14.4. The Labute approximate surface area is 129 Å². The molecular formula is C16H19ClN2O2. The molecule has 0 amide bonds. The molecule has 5 heteroatoms. The maximum atomic E-state index is 6.36. The van der Waals surface area contributed by atoms with Crippen molar-refractivity contribution in [2.24, 2.45) is 0 Å². The number of pyridine rings is 1. The van der Waals surface area contributed by atoms with E-state index in [1.807, 2.05) is 12.1 Å². The van der Waals surface area contributed by atoms with Gasteiger partial charge in [-0.2, -0.15) is 0 Å². The molecule has 4 nitrogen and oxygen atoms in total. The van der Waals surface area contributed by atoms with Gasteiger partial charge in [0, 0.05) is 18.5 Å². The van der Waals surface area contributed by atoms with Gasteiger partial charge in [-0.3, -0.25) is 4.98 Å². The molecule has 0 aliphatic carbocycles. The average Bonchev–Trinajstić information content (AvgIpc) is 2.52. The van der Waals surface area contributed by atoms with Crippen LogP contribution in [0.1, 0.15) is 24.6 Å². The molecule has 112 valence electrons. The van der Waals surface area contributed by atoms with Gasteiger partial charge in [0.25, 0.3) is 0 Å². The average molecular weight is 307 g/mol. The summed E-state index contributed by atoms with van der Waals surface area (Å²) in [6.45, 7) is 4.32. The number of fused-ring (bicyclic) bond motifs is 2. The van der Waals surface area contributed by atoms with E-state index in [-0.39, 0.29) is 0 Å². The summed E-state index contributed by atoms with van der Waals surface area (Å²) in [6.07, 6.45) is 1.86. The van der Waals surface area contributed by atoms with Crippen molar-refractivity contribution in [1.82, 2.24) is 4.98 Å². The van der Waals surface area contributed by atoms with Crippen molar-refractivity contribution in [3.63, 3.8) is 0 Å². The van der Waals surface area contributed by atoms with Crippen molar-refractivity contribution in [3.05, 3.63) is 28.4 Å². The van der Waals surface area contributed by atoms with E-state index in [4.69, 9.17) is 26.1 Å². The van der Waals surface area contributed by atoms with E-state index in [1.54, 1.807) is 7.11 Å². The molecule has 0 saturated heterocycles. The molecule has 0 spiro atoms. The van der Waals surface area contributed by atoms with Gasteiger partial charge in [0.05, 0.1) is 47.6 Å². The third-order valence-electron chi connectivity index (χ3n) is 3.74. The van der Waals surface area contributed by atoms with E-state index >= 15 is 0 Å². The van der Waals surface area contributed by atoms with Crippen LogP contribution in [0.25, 0.3) is 10.9 Å². The Bertz CT molecular complexity index is 673. The van der Waals surface area contributed by atoms with Crippen LogP contribution in [0.4, 0.5) is 5.69 Å². The SMILES string of the molecule is CCCNc1c2c(nc3c(Cl)ccc(OC)c13)CCOC2. The van der Waals surface area contributed by atoms with Gasteiger partial charge in [-0.25, -0.2) is 0 Å². The lowest BCUT2D eigenvalue weighted by Crippen LogP contribution is -2.16. The molecule has 2 heterocycles. The second-order valence-corrected chi connectivity index (χ2v) is 5.52. The van der Waals surface area contributed by atoms with Gasteiger partial charge in [-0.05, 0) is 18.6 Å². The van der Waals surface area contributed by atoms with Crippen LogP contribution in [0.15, 0.2) is 12.1 Å². The predicted molar refractivity (Wildman–Crippen MR) is 85.4 cm³/mol. The third kappa shape index (κ3) is 2.54. The maximum Gasteiger partial charge on any atom is 0.130 e. The molecule has 0 saturated carbocycles. The number of ether oxygens (including phenoxy) is 2. The number of anilines is 1. The highest BCUT2D eigenvalue weighted by atomic mass is 35.5. The fourth-order valence-corrected chi connectivity index (χ4v) is 2.92. The second-order valence-electron chi connectivity index (χ2n) is 5.11. The van der Waals surface area contributed by atoms with E-state index in [1.165, 1.54) is 0 Å². The number of halogens is 1. The molecule has 0 unspecified atom stereocenters. The number of methoxy groups -OCH3 is 1. The smallest absolute Gasteiger partial charge is 0.130 e. The zero-order valence-corrected chi connectivity index (χ0v) is 13.1. The van der Waals surface area contributed by atoms with Gasteiger partial charge in [0.15, 0.2) is 0 Å². The van der Waals surface area contributed by atoms with Gasteiger partial charge >= 0.3 is 0 Å². The van der Waals surface area contributed by atoms with Crippen molar-refractivity contribution in [1.29, 1.82) is 0 Å². The number of benzene rings is 1. The Kier molecular flexibility index (Phi) is 4.17. The zero-order chi connectivity index (χ0) is 14.8. The minimum Gasteiger partial charge on any atom is -0.496 e. The van der Waals surface area contributed by atoms with Gasteiger partial charge in [0.2, 0.25) is 0 Å². The molecule has 0 radical (unpaired) electrons. The fourth-order valence-electron chi connectivity index (χ4n) is 2.72. The number of nitrogens with one attached hydrogen (secondary N) is 1. The third-order valence-corrected chi connectivity index (χ3v) is 4.04. The molecule has 1 aromatic carbocycles. The number of aromatic nitrogens is 1. The van der Waals surface area contributed by atoms with E-state index in [2.05, 4.69) is 12.2 Å². The minimum atomic E-state index is 0.583. The lowest BCUT2D eigenvalue weighted by Gasteiger charge is -2.23. The summed E-state index contributed by atoms with van der Waals surface area (Å²) in [5.41, 5.74) is 4.05. The van der Waals surface area contributed by atoms with Gasteiger partial charge in [0.1, 0.15) is 5.75 Å². The first-order valence-electron chi connectivity index (χ1n) is 7.25. The Morgan fingerprint density at radius 2 is 2.29 bits per heavy atom. The molecule has 3 rings (SSSR count). The van der Waals surface area contributed by atoms with Crippen LogP contribution < -0.4 is 10.1 Å². The van der Waals surface area contributed by atoms with Crippen LogP contribution in [0.3, 0.4) is 0 Å². The van der Waals surface area contributed by atoms with Gasteiger partial charge < -0.3 is 14.8 Å². The quantitative estimate of drug-likeness (QED) is 0.933.